The van der Waals surface area contributed by atoms with Crippen LogP contribution in [0.25, 0.3) is 0 Å². The zero-order valence-corrected chi connectivity index (χ0v) is 10.5. The standard InChI is InChI=1S/C17H14O2/c18-16-11-10-15(13-8-4-5-9-14(13)16)17(19)12-6-2-1-3-7-12/h1-7,10-11,18H,8-9H2. The lowest BCUT2D eigenvalue weighted by molar-refractivity contribution is 0.103. The smallest absolute Gasteiger partial charge is 0.193 e. The molecular formula is C17H14O2. The van der Waals surface area contributed by atoms with Crippen LogP contribution in [-0.4, -0.2) is 10.9 Å². The van der Waals surface area contributed by atoms with Crippen LogP contribution in [0.3, 0.4) is 0 Å². The first-order valence-electron chi connectivity index (χ1n) is 6.36. The summed E-state index contributed by atoms with van der Waals surface area (Å²) in [6.45, 7) is 0. The summed E-state index contributed by atoms with van der Waals surface area (Å²) in [4.78, 5) is 12.5. The molecule has 2 aromatic rings. The Morgan fingerprint density at radius 3 is 2.32 bits per heavy atom. The molecule has 94 valence electrons. The highest BCUT2D eigenvalue weighted by Crippen LogP contribution is 2.30. The molecule has 0 saturated heterocycles. The fourth-order valence-corrected chi connectivity index (χ4v) is 2.50. The maximum Gasteiger partial charge on any atom is 0.193 e. The molecule has 2 aromatic carbocycles. The number of hydrogen-bond donors (Lipinski definition) is 1. The molecule has 0 fully saturated rings. The van der Waals surface area contributed by atoms with E-state index in [1.54, 1.807) is 12.1 Å². The van der Waals surface area contributed by atoms with Crippen molar-refractivity contribution < 1.29 is 9.90 Å². The summed E-state index contributed by atoms with van der Waals surface area (Å²) < 4.78 is 0. The summed E-state index contributed by atoms with van der Waals surface area (Å²) in [5.74, 6) is 0.302. The summed E-state index contributed by atoms with van der Waals surface area (Å²) in [6, 6.07) is 12.6. The molecule has 0 unspecified atom stereocenters. The number of rotatable bonds is 2. The van der Waals surface area contributed by atoms with Gasteiger partial charge in [0.2, 0.25) is 0 Å². The van der Waals surface area contributed by atoms with Gasteiger partial charge in [-0.05, 0) is 30.5 Å². The number of fused-ring (bicyclic) bond motifs is 1. The minimum atomic E-state index is 0.0205. The number of phenolic OH excluding ortho intramolecular Hbond substituents is 1. The monoisotopic (exact) mass is 250 g/mol. The van der Waals surface area contributed by atoms with E-state index in [9.17, 15) is 9.90 Å². The second kappa shape index (κ2) is 4.73. The van der Waals surface area contributed by atoms with E-state index in [2.05, 4.69) is 0 Å². The predicted molar refractivity (Wildman–Crippen MR) is 74.5 cm³/mol. The van der Waals surface area contributed by atoms with Gasteiger partial charge in [-0.15, -0.1) is 0 Å². The van der Waals surface area contributed by atoms with Crippen LogP contribution in [0.5, 0.6) is 5.75 Å². The van der Waals surface area contributed by atoms with Gasteiger partial charge in [-0.3, -0.25) is 4.79 Å². The second-order valence-corrected chi connectivity index (χ2v) is 4.66. The molecule has 0 heterocycles. The number of carbonyl (C=O) groups is 1. The number of aromatic hydroxyl groups is 1. The van der Waals surface area contributed by atoms with Crippen LogP contribution in [0.1, 0.15) is 27.0 Å². The third kappa shape index (κ3) is 2.06. The van der Waals surface area contributed by atoms with Crippen LogP contribution in [0.4, 0.5) is 0 Å². The molecule has 0 amide bonds. The molecule has 0 bridgehead atoms. The number of carbonyl (C=O) groups excluding carboxylic acids is 1. The van der Waals surface area contributed by atoms with Gasteiger partial charge in [0.15, 0.2) is 5.78 Å². The summed E-state index contributed by atoms with van der Waals surface area (Å²) in [5.41, 5.74) is 3.22. The Labute approximate surface area is 112 Å². The van der Waals surface area contributed by atoms with Gasteiger partial charge in [0.1, 0.15) is 5.75 Å². The Balaban J connectivity index is 2.10. The molecule has 0 aromatic heterocycles. The first kappa shape index (κ1) is 11.7. The highest BCUT2D eigenvalue weighted by atomic mass is 16.3. The van der Waals surface area contributed by atoms with Crippen LogP contribution in [0, 0.1) is 0 Å². The van der Waals surface area contributed by atoms with E-state index < -0.39 is 0 Å². The summed E-state index contributed by atoms with van der Waals surface area (Å²) in [7, 11) is 0. The molecule has 1 N–H and O–H groups in total. The van der Waals surface area contributed by atoms with Crippen LogP contribution in [0.2, 0.25) is 0 Å². The van der Waals surface area contributed by atoms with Crippen molar-refractivity contribution in [2.45, 2.75) is 12.8 Å². The Morgan fingerprint density at radius 1 is 0.895 bits per heavy atom. The van der Waals surface area contributed by atoms with E-state index in [1.165, 1.54) is 0 Å². The average molecular weight is 250 g/mol. The van der Waals surface area contributed by atoms with E-state index in [0.29, 0.717) is 24.0 Å². The Hall–Kier alpha value is -2.35. The lowest BCUT2D eigenvalue weighted by atomic mass is 9.88. The first-order chi connectivity index (χ1) is 9.27. The fraction of sp³-hybridized carbons (Fsp3) is 0.118. The molecule has 0 radical (unpaired) electrons. The predicted octanol–water partition coefficient (Wildman–Crippen LogP) is 3.28. The van der Waals surface area contributed by atoms with Crippen molar-refractivity contribution >= 4 is 5.78 Å². The van der Waals surface area contributed by atoms with Gasteiger partial charge in [0.25, 0.3) is 0 Å². The largest absolute Gasteiger partial charge is 0.508 e. The van der Waals surface area contributed by atoms with Crippen molar-refractivity contribution in [3.05, 3.63) is 76.9 Å². The van der Waals surface area contributed by atoms with E-state index in [0.717, 1.165) is 11.1 Å². The van der Waals surface area contributed by atoms with E-state index in [-0.39, 0.29) is 11.5 Å². The molecule has 19 heavy (non-hydrogen) atoms. The molecular weight excluding hydrogens is 236 g/mol. The molecule has 2 nitrogen and oxygen atoms in total. The van der Waals surface area contributed by atoms with Crippen LogP contribution in [0.15, 0.2) is 54.6 Å². The van der Waals surface area contributed by atoms with Crippen molar-refractivity contribution in [2.24, 2.45) is 0 Å². The lowest BCUT2D eigenvalue weighted by Gasteiger charge is -2.16. The SMILES string of the molecule is O=C(c1ccccc1)c1ccc(O)c2c1CC=CC2. The van der Waals surface area contributed by atoms with Gasteiger partial charge in [0, 0.05) is 16.7 Å². The van der Waals surface area contributed by atoms with Gasteiger partial charge in [-0.25, -0.2) is 0 Å². The topological polar surface area (TPSA) is 37.3 Å². The Kier molecular flexibility index (Phi) is 2.92. The summed E-state index contributed by atoms with van der Waals surface area (Å²) in [5, 5.41) is 9.89. The van der Waals surface area contributed by atoms with Crippen molar-refractivity contribution in [1.29, 1.82) is 0 Å². The van der Waals surface area contributed by atoms with Gasteiger partial charge in [-0.1, -0.05) is 42.5 Å². The maximum atomic E-state index is 12.5. The molecule has 0 saturated carbocycles. The number of benzene rings is 2. The van der Waals surface area contributed by atoms with E-state index in [1.807, 2.05) is 42.5 Å². The molecule has 1 aliphatic carbocycles. The van der Waals surface area contributed by atoms with Crippen molar-refractivity contribution in [3.63, 3.8) is 0 Å². The third-order valence-electron chi connectivity index (χ3n) is 3.50. The summed E-state index contributed by atoms with van der Waals surface area (Å²) >= 11 is 0. The molecule has 1 aliphatic rings. The molecule has 0 atom stereocenters. The Morgan fingerprint density at radius 2 is 1.58 bits per heavy atom. The second-order valence-electron chi connectivity index (χ2n) is 4.66. The molecule has 0 aliphatic heterocycles. The zero-order chi connectivity index (χ0) is 13.2. The average Bonchev–Trinajstić information content (AvgIpc) is 2.48. The van der Waals surface area contributed by atoms with Gasteiger partial charge in [-0.2, -0.15) is 0 Å². The summed E-state index contributed by atoms with van der Waals surface area (Å²) in [6.07, 6.45) is 5.47. The van der Waals surface area contributed by atoms with Gasteiger partial charge < -0.3 is 5.11 Å². The quantitative estimate of drug-likeness (QED) is 0.656. The van der Waals surface area contributed by atoms with Crippen LogP contribution >= 0.6 is 0 Å². The third-order valence-corrected chi connectivity index (χ3v) is 3.50. The van der Waals surface area contributed by atoms with Crippen molar-refractivity contribution in [2.75, 3.05) is 0 Å². The van der Waals surface area contributed by atoms with E-state index in [4.69, 9.17) is 0 Å². The van der Waals surface area contributed by atoms with Crippen molar-refractivity contribution in [1.82, 2.24) is 0 Å². The number of hydrogen-bond acceptors (Lipinski definition) is 2. The normalized spacial score (nSPS) is 13.1. The fourth-order valence-electron chi connectivity index (χ4n) is 2.50. The van der Waals surface area contributed by atoms with E-state index >= 15 is 0 Å². The minimum Gasteiger partial charge on any atom is -0.508 e. The number of ketones is 1. The maximum absolute atomic E-state index is 12.5. The molecule has 3 rings (SSSR count). The van der Waals surface area contributed by atoms with Gasteiger partial charge >= 0.3 is 0 Å². The van der Waals surface area contributed by atoms with Gasteiger partial charge in [0.05, 0.1) is 0 Å². The minimum absolute atomic E-state index is 0.0205. The highest BCUT2D eigenvalue weighted by Gasteiger charge is 2.19. The van der Waals surface area contributed by atoms with Crippen LogP contribution in [-0.2, 0) is 12.8 Å². The molecule has 0 spiro atoms. The Bertz CT molecular complexity index is 654. The molecule has 2 heteroatoms. The zero-order valence-electron chi connectivity index (χ0n) is 10.5. The highest BCUT2D eigenvalue weighted by molar-refractivity contribution is 6.10. The number of phenols is 1. The van der Waals surface area contributed by atoms with Crippen molar-refractivity contribution in [3.8, 4) is 5.75 Å². The lowest BCUT2D eigenvalue weighted by Crippen LogP contribution is -2.09. The number of allylic oxidation sites excluding steroid dienone is 2. The van der Waals surface area contributed by atoms with Crippen LogP contribution < -0.4 is 0 Å². The first-order valence-corrected chi connectivity index (χ1v) is 6.36.